The van der Waals surface area contributed by atoms with Crippen LogP contribution in [0.25, 0.3) is 11.1 Å². The van der Waals surface area contributed by atoms with Gasteiger partial charge in [-0.15, -0.1) is 0 Å². The van der Waals surface area contributed by atoms with Crippen LogP contribution in [-0.2, 0) is 4.74 Å². The molecule has 122 valence electrons. The van der Waals surface area contributed by atoms with E-state index < -0.39 is 0 Å². The zero-order valence-corrected chi connectivity index (χ0v) is 13.7. The van der Waals surface area contributed by atoms with Gasteiger partial charge in [-0.2, -0.15) is 0 Å². The Hall–Kier alpha value is -1.66. The molecule has 6 nitrogen and oxygen atoms in total. The molecule has 0 radical (unpaired) electrons. The van der Waals surface area contributed by atoms with E-state index in [1.807, 2.05) is 0 Å². The third-order valence-electron chi connectivity index (χ3n) is 4.51. The van der Waals surface area contributed by atoms with Gasteiger partial charge in [0.05, 0.1) is 27.4 Å². The Morgan fingerprint density at radius 3 is 2.70 bits per heavy atom. The first-order valence-corrected chi connectivity index (χ1v) is 8.37. The van der Waals surface area contributed by atoms with Crippen molar-refractivity contribution in [2.75, 3.05) is 13.2 Å². The molecule has 2 aliphatic rings. The largest absolute Gasteiger partial charge is 0.381 e. The van der Waals surface area contributed by atoms with Gasteiger partial charge in [0, 0.05) is 25.2 Å². The van der Waals surface area contributed by atoms with Gasteiger partial charge in [-0.3, -0.25) is 4.79 Å². The summed E-state index contributed by atoms with van der Waals surface area (Å²) < 4.78 is 10.6. The smallest absolute Gasteiger partial charge is 0.259 e. The fourth-order valence-electron chi connectivity index (χ4n) is 3.06. The number of aromatic nitrogens is 2. The minimum atomic E-state index is -0.178. The van der Waals surface area contributed by atoms with Gasteiger partial charge in [-0.05, 0) is 32.6 Å². The number of fused-ring (bicyclic) bond motifs is 1. The van der Waals surface area contributed by atoms with Gasteiger partial charge >= 0.3 is 0 Å². The molecule has 0 spiro atoms. The Labute approximate surface area is 138 Å². The van der Waals surface area contributed by atoms with E-state index in [9.17, 15) is 4.79 Å². The van der Waals surface area contributed by atoms with Crippen molar-refractivity contribution in [1.29, 1.82) is 0 Å². The lowest BCUT2D eigenvalue weighted by atomic mass is 10.0. The summed E-state index contributed by atoms with van der Waals surface area (Å²) in [4.78, 5) is 17.3. The normalized spacial score (nSPS) is 19.2. The molecular formula is C16H18ClN3O3. The van der Waals surface area contributed by atoms with Crippen LogP contribution in [0.3, 0.4) is 0 Å². The van der Waals surface area contributed by atoms with Gasteiger partial charge < -0.3 is 14.6 Å². The Bertz CT molecular complexity index is 764. The number of nitrogens with zero attached hydrogens (tertiary/aromatic N) is 2. The number of rotatable bonds is 3. The lowest BCUT2D eigenvalue weighted by Crippen LogP contribution is -2.39. The van der Waals surface area contributed by atoms with Crippen LogP contribution in [0.15, 0.2) is 4.52 Å². The van der Waals surface area contributed by atoms with Crippen LogP contribution >= 0.6 is 11.6 Å². The number of pyridine rings is 1. The van der Waals surface area contributed by atoms with E-state index in [0.717, 1.165) is 31.4 Å². The number of ether oxygens (including phenoxy) is 1. The summed E-state index contributed by atoms with van der Waals surface area (Å²) in [6.07, 6.45) is 3.73. The highest BCUT2D eigenvalue weighted by molar-refractivity contribution is 6.36. The monoisotopic (exact) mass is 335 g/mol. The van der Waals surface area contributed by atoms with E-state index in [1.165, 1.54) is 0 Å². The molecule has 3 heterocycles. The van der Waals surface area contributed by atoms with Crippen LogP contribution in [-0.4, -0.2) is 35.3 Å². The molecule has 1 amide bonds. The Morgan fingerprint density at radius 2 is 2.00 bits per heavy atom. The molecule has 1 saturated carbocycles. The Morgan fingerprint density at radius 1 is 1.26 bits per heavy atom. The lowest BCUT2D eigenvalue weighted by Gasteiger charge is -2.23. The van der Waals surface area contributed by atoms with Crippen LogP contribution in [0.5, 0.6) is 0 Å². The Balaban J connectivity index is 1.75. The lowest BCUT2D eigenvalue weighted by molar-refractivity contribution is 0.0697. The summed E-state index contributed by atoms with van der Waals surface area (Å²) in [6.45, 7) is 3.14. The predicted molar refractivity (Wildman–Crippen MR) is 84.8 cm³/mol. The molecule has 23 heavy (non-hydrogen) atoms. The second kappa shape index (κ2) is 5.76. The molecule has 1 aliphatic carbocycles. The van der Waals surface area contributed by atoms with Gasteiger partial charge in [0.25, 0.3) is 11.6 Å². The number of aryl methyl sites for hydroxylation is 1. The van der Waals surface area contributed by atoms with Crippen LogP contribution in [0.1, 0.15) is 53.3 Å². The van der Waals surface area contributed by atoms with Gasteiger partial charge in [-0.25, -0.2) is 4.98 Å². The number of halogens is 1. The van der Waals surface area contributed by atoms with Crippen molar-refractivity contribution >= 4 is 28.6 Å². The van der Waals surface area contributed by atoms with E-state index >= 15 is 0 Å². The standard InChI is InChI=1S/C16H18ClN3O3/c1-8-11-12(15(21)18-10-4-6-22-7-5-10)13(17)14(9-2-3-9)19-16(11)23-20-8/h9-10H,2-7H2,1H3,(H,18,21). The molecule has 0 bridgehead atoms. The first kappa shape index (κ1) is 14.9. The molecule has 2 fully saturated rings. The number of hydrogen-bond acceptors (Lipinski definition) is 5. The fraction of sp³-hybridized carbons (Fsp3) is 0.562. The highest BCUT2D eigenvalue weighted by Gasteiger charge is 2.33. The van der Waals surface area contributed by atoms with Crippen molar-refractivity contribution in [3.05, 3.63) is 22.0 Å². The fourth-order valence-corrected chi connectivity index (χ4v) is 3.44. The first-order chi connectivity index (χ1) is 11.1. The predicted octanol–water partition coefficient (Wildman–Crippen LogP) is 2.97. The number of amides is 1. The van der Waals surface area contributed by atoms with Crippen molar-refractivity contribution in [1.82, 2.24) is 15.5 Å². The molecule has 2 aromatic heterocycles. The zero-order valence-electron chi connectivity index (χ0n) is 12.9. The maximum atomic E-state index is 12.9. The molecule has 0 unspecified atom stereocenters. The number of hydrogen-bond donors (Lipinski definition) is 1. The van der Waals surface area contributed by atoms with E-state index in [0.29, 0.717) is 46.5 Å². The maximum Gasteiger partial charge on any atom is 0.259 e. The van der Waals surface area contributed by atoms with Gasteiger partial charge in [-0.1, -0.05) is 16.8 Å². The summed E-state index contributed by atoms with van der Waals surface area (Å²) in [7, 11) is 0. The highest BCUT2D eigenvalue weighted by Crippen LogP contribution is 2.44. The number of nitrogens with one attached hydrogen (secondary N) is 1. The second-order valence-electron chi connectivity index (χ2n) is 6.27. The average molecular weight is 336 g/mol. The van der Waals surface area contributed by atoms with Gasteiger partial charge in [0.15, 0.2) is 0 Å². The summed E-state index contributed by atoms with van der Waals surface area (Å²) in [5.41, 5.74) is 2.23. The van der Waals surface area contributed by atoms with Crippen molar-refractivity contribution in [3.8, 4) is 0 Å². The molecule has 1 aliphatic heterocycles. The van der Waals surface area contributed by atoms with Crippen LogP contribution in [0.4, 0.5) is 0 Å². The average Bonchev–Trinajstić information content (AvgIpc) is 3.32. The van der Waals surface area contributed by atoms with Crippen molar-refractivity contribution in [2.24, 2.45) is 0 Å². The zero-order chi connectivity index (χ0) is 16.0. The quantitative estimate of drug-likeness (QED) is 0.933. The summed E-state index contributed by atoms with van der Waals surface area (Å²) >= 11 is 6.55. The minimum Gasteiger partial charge on any atom is -0.381 e. The molecule has 0 atom stereocenters. The van der Waals surface area contributed by atoms with Crippen LogP contribution < -0.4 is 5.32 Å². The molecule has 7 heteroatoms. The molecule has 0 aromatic carbocycles. The third kappa shape index (κ3) is 2.70. The summed E-state index contributed by atoms with van der Waals surface area (Å²) in [5.74, 6) is 0.148. The molecule has 2 aromatic rings. The summed E-state index contributed by atoms with van der Waals surface area (Å²) in [5, 5.41) is 8.08. The van der Waals surface area contributed by atoms with Crippen molar-refractivity contribution in [2.45, 2.75) is 44.6 Å². The van der Waals surface area contributed by atoms with Crippen LogP contribution in [0, 0.1) is 6.92 Å². The number of carbonyl (C=O) groups is 1. The highest BCUT2D eigenvalue weighted by atomic mass is 35.5. The maximum absolute atomic E-state index is 12.9. The van der Waals surface area contributed by atoms with E-state index in [2.05, 4.69) is 15.5 Å². The van der Waals surface area contributed by atoms with E-state index in [4.69, 9.17) is 20.9 Å². The van der Waals surface area contributed by atoms with Crippen molar-refractivity contribution in [3.63, 3.8) is 0 Å². The minimum absolute atomic E-state index is 0.111. The van der Waals surface area contributed by atoms with E-state index in [-0.39, 0.29) is 11.9 Å². The third-order valence-corrected chi connectivity index (χ3v) is 4.89. The molecular weight excluding hydrogens is 318 g/mol. The van der Waals surface area contributed by atoms with Gasteiger partial charge in [0.1, 0.15) is 0 Å². The SMILES string of the molecule is Cc1noc2nc(C3CC3)c(Cl)c(C(=O)NC3CCOCC3)c12. The van der Waals surface area contributed by atoms with Crippen LogP contribution in [0.2, 0.25) is 5.02 Å². The molecule has 1 N–H and O–H groups in total. The number of carbonyl (C=O) groups excluding carboxylic acids is 1. The Kier molecular flexibility index (Phi) is 3.73. The van der Waals surface area contributed by atoms with E-state index in [1.54, 1.807) is 6.92 Å². The summed E-state index contributed by atoms with van der Waals surface area (Å²) in [6, 6.07) is 0.111. The van der Waals surface area contributed by atoms with Crippen molar-refractivity contribution < 1.29 is 14.1 Å². The second-order valence-corrected chi connectivity index (χ2v) is 6.65. The first-order valence-electron chi connectivity index (χ1n) is 7.99. The topological polar surface area (TPSA) is 77.2 Å². The molecule has 4 rings (SSSR count). The molecule has 1 saturated heterocycles. The van der Waals surface area contributed by atoms with Gasteiger partial charge in [0.2, 0.25) is 0 Å².